The van der Waals surface area contributed by atoms with Crippen LogP contribution in [0.4, 0.5) is 5.00 Å². The normalized spacial score (nSPS) is 11.0. The fraction of sp³-hybridized carbons (Fsp3) is 0.154. The Hall–Kier alpha value is -4.24. The second kappa shape index (κ2) is 10.8. The summed E-state index contributed by atoms with van der Waals surface area (Å²) in [4.78, 5) is 38.7. The molecule has 178 valence electrons. The summed E-state index contributed by atoms with van der Waals surface area (Å²) in [6.45, 7) is 4.23. The van der Waals surface area contributed by atoms with Gasteiger partial charge in [0, 0.05) is 16.8 Å². The molecule has 0 fully saturated rings. The van der Waals surface area contributed by atoms with Crippen molar-refractivity contribution >= 4 is 45.1 Å². The first-order valence-corrected chi connectivity index (χ1v) is 11.9. The van der Waals surface area contributed by atoms with Gasteiger partial charge in [-0.1, -0.05) is 30.3 Å². The zero-order valence-corrected chi connectivity index (χ0v) is 20.0. The first-order chi connectivity index (χ1) is 17.0. The van der Waals surface area contributed by atoms with Gasteiger partial charge in [-0.05, 0) is 49.8 Å². The van der Waals surface area contributed by atoms with Crippen LogP contribution in [-0.4, -0.2) is 34.9 Å². The summed E-state index contributed by atoms with van der Waals surface area (Å²) in [5.74, 6) is -0.416. The molecule has 2 aromatic heterocycles. The molecule has 0 aliphatic heterocycles. The third kappa shape index (κ3) is 5.30. The number of aromatic nitrogens is 2. The van der Waals surface area contributed by atoms with Gasteiger partial charge in [-0.15, -0.1) is 11.3 Å². The summed E-state index contributed by atoms with van der Waals surface area (Å²) in [5, 5.41) is 9.51. The van der Waals surface area contributed by atoms with E-state index in [1.54, 1.807) is 42.6 Å². The summed E-state index contributed by atoms with van der Waals surface area (Å²) in [7, 11) is 0. The number of thiophene rings is 1. The highest BCUT2D eigenvalue weighted by molar-refractivity contribution is 7.16. The smallest absolute Gasteiger partial charge is 0.359 e. The van der Waals surface area contributed by atoms with E-state index in [2.05, 4.69) is 10.4 Å². The number of rotatable bonds is 8. The summed E-state index contributed by atoms with van der Waals surface area (Å²) in [6, 6.07) is 16.2. The molecule has 0 aliphatic carbocycles. The molecule has 2 aromatic carbocycles. The maximum atomic E-state index is 13.5. The van der Waals surface area contributed by atoms with E-state index < -0.39 is 17.4 Å². The Labute approximate surface area is 205 Å². The maximum Gasteiger partial charge on any atom is 0.359 e. The molecule has 1 N–H and O–H groups in total. The van der Waals surface area contributed by atoms with Crippen LogP contribution in [0.2, 0.25) is 0 Å². The fourth-order valence-electron chi connectivity index (χ4n) is 3.41. The first kappa shape index (κ1) is 23.9. The molecule has 0 bridgehead atoms. The zero-order chi connectivity index (χ0) is 24.8. The lowest BCUT2D eigenvalue weighted by molar-refractivity contribution is -0.111. The van der Waals surface area contributed by atoms with Gasteiger partial charge in [0.05, 0.1) is 24.3 Å². The molecular formula is C26H23N3O5S. The average molecular weight is 490 g/mol. The quantitative estimate of drug-likeness (QED) is 0.285. The molecule has 0 atom stereocenters. The number of hydrogen-bond acceptors (Lipinski definition) is 7. The van der Waals surface area contributed by atoms with Gasteiger partial charge in [0.1, 0.15) is 10.8 Å². The second-order valence-electron chi connectivity index (χ2n) is 7.30. The van der Waals surface area contributed by atoms with Crippen molar-refractivity contribution in [2.45, 2.75) is 13.8 Å². The predicted molar refractivity (Wildman–Crippen MR) is 136 cm³/mol. The standard InChI is InChI=1S/C26H23N3O5S/c1-3-33-19-13-11-18(12-14-19)29-25(31)22-20(23(28-29)26(32)34-4-2)16-35-24(22)27-21(30)15-10-17-8-6-5-7-9-17/h5-16H,3-4H2,1-2H3,(H,27,30)/b15-10+. The Bertz CT molecular complexity index is 1440. The van der Waals surface area contributed by atoms with Crippen LogP contribution in [-0.2, 0) is 9.53 Å². The first-order valence-electron chi connectivity index (χ1n) is 11.0. The van der Waals surface area contributed by atoms with Gasteiger partial charge in [-0.2, -0.15) is 9.78 Å². The molecule has 1 amide bonds. The van der Waals surface area contributed by atoms with Crippen molar-refractivity contribution in [3.8, 4) is 11.4 Å². The number of fused-ring (bicyclic) bond motifs is 1. The highest BCUT2D eigenvalue weighted by atomic mass is 32.1. The largest absolute Gasteiger partial charge is 0.494 e. The lowest BCUT2D eigenvalue weighted by atomic mass is 10.2. The van der Waals surface area contributed by atoms with Crippen molar-refractivity contribution in [3.05, 3.63) is 87.7 Å². The number of nitrogens with zero attached hydrogens (tertiary/aromatic N) is 2. The lowest BCUT2D eigenvalue weighted by Gasteiger charge is -2.10. The van der Waals surface area contributed by atoms with E-state index in [4.69, 9.17) is 9.47 Å². The number of hydrogen-bond donors (Lipinski definition) is 1. The number of esters is 1. The average Bonchev–Trinajstić information content (AvgIpc) is 3.28. The maximum absolute atomic E-state index is 13.5. The predicted octanol–water partition coefficient (Wildman–Crippen LogP) is 4.67. The van der Waals surface area contributed by atoms with Gasteiger partial charge in [-0.25, -0.2) is 4.79 Å². The van der Waals surface area contributed by atoms with Crippen molar-refractivity contribution in [2.24, 2.45) is 0 Å². The Balaban J connectivity index is 1.77. The van der Waals surface area contributed by atoms with E-state index in [-0.39, 0.29) is 17.7 Å². The van der Waals surface area contributed by atoms with E-state index in [1.807, 2.05) is 37.3 Å². The fourth-order valence-corrected chi connectivity index (χ4v) is 4.35. The molecule has 2 heterocycles. The Morgan fingerprint density at radius 2 is 1.80 bits per heavy atom. The molecule has 0 radical (unpaired) electrons. The van der Waals surface area contributed by atoms with Gasteiger partial charge >= 0.3 is 5.97 Å². The lowest BCUT2D eigenvalue weighted by Crippen LogP contribution is -2.25. The number of carbonyl (C=O) groups excluding carboxylic acids is 2. The second-order valence-corrected chi connectivity index (χ2v) is 8.18. The number of anilines is 1. The molecule has 9 heteroatoms. The van der Waals surface area contributed by atoms with Crippen molar-refractivity contribution in [2.75, 3.05) is 18.5 Å². The third-order valence-corrected chi connectivity index (χ3v) is 5.87. The summed E-state index contributed by atoms with van der Waals surface area (Å²) in [5.41, 5.74) is 0.830. The van der Waals surface area contributed by atoms with Crippen LogP contribution in [0.1, 0.15) is 29.9 Å². The Morgan fingerprint density at radius 3 is 2.49 bits per heavy atom. The SMILES string of the molecule is CCOC(=O)c1nn(-c2ccc(OCC)cc2)c(=O)c2c(NC(=O)/C=C/c3ccccc3)scc12. The van der Waals surface area contributed by atoms with Crippen molar-refractivity contribution in [1.82, 2.24) is 9.78 Å². The van der Waals surface area contributed by atoms with Gasteiger partial charge in [0.2, 0.25) is 5.91 Å². The molecule has 0 unspecified atom stereocenters. The van der Waals surface area contributed by atoms with Gasteiger partial charge in [0.25, 0.3) is 5.56 Å². The van der Waals surface area contributed by atoms with Gasteiger partial charge in [-0.3, -0.25) is 9.59 Å². The van der Waals surface area contributed by atoms with Crippen LogP contribution in [0.5, 0.6) is 5.75 Å². The molecule has 8 nitrogen and oxygen atoms in total. The van der Waals surface area contributed by atoms with E-state index in [0.29, 0.717) is 28.4 Å². The molecule has 4 aromatic rings. The highest BCUT2D eigenvalue weighted by Crippen LogP contribution is 2.31. The molecular weight excluding hydrogens is 466 g/mol. The zero-order valence-electron chi connectivity index (χ0n) is 19.2. The number of carbonyl (C=O) groups is 2. The molecule has 0 saturated carbocycles. The van der Waals surface area contributed by atoms with Gasteiger partial charge < -0.3 is 14.8 Å². The highest BCUT2D eigenvalue weighted by Gasteiger charge is 2.23. The third-order valence-electron chi connectivity index (χ3n) is 4.98. The number of benzene rings is 2. The van der Waals surface area contributed by atoms with Crippen LogP contribution in [0.25, 0.3) is 22.5 Å². The van der Waals surface area contributed by atoms with Crippen molar-refractivity contribution in [3.63, 3.8) is 0 Å². The van der Waals surface area contributed by atoms with Crippen molar-refractivity contribution in [1.29, 1.82) is 0 Å². The van der Waals surface area contributed by atoms with Crippen LogP contribution in [0.15, 0.2) is 70.8 Å². The minimum Gasteiger partial charge on any atom is -0.494 e. The molecule has 0 saturated heterocycles. The minimum absolute atomic E-state index is 0.00749. The van der Waals surface area contributed by atoms with E-state index in [1.165, 1.54) is 6.08 Å². The Kier molecular flexibility index (Phi) is 7.37. The van der Waals surface area contributed by atoms with Crippen LogP contribution < -0.4 is 15.6 Å². The van der Waals surface area contributed by atoms with Crippen molar-refractivity contribution < 1.29 is 19.1 Å². The van der Waals surface area contributed by atoms with Gasteiger partial charge in [0.15, 0.2) is 5.69 Å². The molecule has 35 heavy (non-hydrogen) atoms. The van der Waals surface area contributed by atoms with Crippen LogP contribution >= 0.6 is 11.3 Å². The van der Waals surface area contributed by atoms with Crippen LogP contribution in [0.3, 0.4) is 0 Å². The van der Waals surface area contributed by atoms with E-state index >= 15 is 0 Å². The minimum atomic E-state index is -0.656. The number of amides is 1. The molecule has 0 spiro atoms. The Morgan fingerprint density at radius 1 is 1.06 bits per heavy atom. The number of ether oxygens (including phenoxy) is 2. The summed E-state index contributed by atoms with van der Waals surface area (Å²) >= 11 is 1.14. The monoisotopic (exact) mass is 489 g/mol. The molecule has 0 aliphatic rings. The molecule has 4 rings (SSSR count). The number of nitrogens with one attached hydrogen (secondary N) is 1. The topological polar surface area (TPSA) is 99.5 Å². The summed E-state index contributed by atoms with van der Waals surface area (Å²) in [6.07, 6.45) is 3.06. The van der Waals surface area contributed by atoms with E-state index in [0.717, 1.165) is 21.6 Å². The van der Waals surface area contributed by atoms with E-state index in [9.17, 15) is 14.4 Å². The van der Waals surface area contributed by atoms with Crippen LogP contribution in [0, 0.1) is 0 Å². The summed E-state index contributed by atoms with van der Waals surface area (Å²) < 4.78 is 11.8.